The number of Topliss-reactive ketones (excluding diaryl/α,β-unsaturated/α-hetero) is 1. The van der Waals surface area contributed by atoms with E-state index in [2.05, 4.69) is 0 Å². The van der Waals surface area contributed by atoms with Crippen LogP contribution in [-0.2, 0) is 19.1 Å². The number of esters is 1. The van der Waals surface area contributed by atoms with Crippen LogP contribution in [0.15, 0.2) is 0 Å². The summed E-state index contributed by atoms with van der Waals surface area (Å²) in [4.78, 5) is 24.0. The van der Waals surface area contributed by atoms with Gasteiger partial charge >= 0.3 is 5.97 Å². The summed E-state index contributed by atoms with van der Waals surface area (Å²) in [5.74, 6) is -1.37. The highest BCUT2D eigenvalue weighted by Crippen LogP contribution is 2.38. The van der Waals surface area contributed by atoms with Crippen LogP contribution < -0.4 is 0 Å². The smallest absolute Gasteiger partial charge is 0.316 e. The highest BCUT2D eigenvalue weighted by molar-refractivity contribution is 6.03. The van der Waals surface area contributed by atoms with Gasteiger partial charge in [0, 0.05) is 7.11 Å². The fraction of sp³-hybridized carbons (Fsp3) is 0.846. The second-order valence-electron chi connectivity index (χ2n) is 5.67. The van der Waals surface area contributed by atoms with Crippen molar-refractivity contribution in [1.82, 2.24) is 0 Å². The molecule has 1 atom stereocenters. The Bertz CT molecular complexity index is 304. The van der Waals surface area contributed by atoms with E-state index in [1.54, 1.807) is 27.7 Å². The molecule has 0 heterocycles. The van der Waals surface area contributed by atoms with Crippen LogP contribution in [0.5, 0.6) is 0 Å². The Balaban J connectivity index is 2.66. The third-order valence-electron chi connectivity index (χ3n) is 3.15. The third-order valence-corrected chi connectivity index (χ3v) is 3.15. The van der Waals surface area contributed by atoms with E-state index in [0.29, 0.717) is 12.8 Å². The van der Waals surface area contributed by atoms with Crippen molar-refractivity contribution in [3.8, 4) is 0 Å². The van der Waals surface area contributed by atoms with Crippen molar-refractivity contribution in [2.24, 2.45) is 5.92 Å². The number of hydrogen-bond acceptors (Lipinski definition) is 4. The number of ether oxygens (including phenoxy) is 2. The minimum absolute atomic E-state index is 0.152. The molecule has 1 rings (SSSR count). The van der Waals surface area contributed by atoms with Crippen molar-refractivity contribution in [1.29, 1.82) is 0 Å². The van der Waals surface area contributed by atoms with Gasteiger partial charge in [0.15, 0.2) is 5.78 Å². The molecule has 0 spiro atoms. The number of ketones is 1. The number of hydrogen-bond donors (Lipinski definition) is 0. The van der Waals surface area contributed by atoms with Gasteiger partial charge in [-0.3, -0.25) is 9.59 Å². The molecule has 0 aromatic rings. The van der Waals surface area contributed by atoms with Crippen molar-refractivity contribution in [2.45, 2.75) is 58.2 Å². The molecule has 1 aliphatic rings. The van der Waals surface area contributed by atoms with E-state index in [0.717, 1.165) is 6.42 Å². The van der Waals surface area contributed by atoms with Crippen LogP contribution >= 0.6 is 0 Å². The monoisotopic (exact) mass is 242 g/mol. The molecule has 4 heteroatoms. The summed E-state index contributed by atoms with van der Waals surface area (Å²) in [6, 6.07) is 0. The zero-order valence-electron chi connectivity index (χ0n) is 11.3. The molecule has 1 aliphatic carbocycles. The molecule has 0 N–H and O–H groups in total. The van der Waals surface area contributed by atoms with Crippen molar-refractivity contribution in [3.63, 3.8) is 0 Å². The largest absolute Gasteiger partial charge is 0.459 e. The summed E-state index contributed by atoms with van der Waals surface area (Å²) in [6.45, 7) is 6.96. The minimum atomic E-state index is -0.755. The van der Waals surface area contributed by atoms with Crippen LogP contribution in [-0.4, -0.2) is 30.1 Å². The highest BCUT2D eigenvalue weighted by atomic mass is 16.6. The first-order valence-electron chi connectivity index (χ1n) is 6.04. The molecule has 0 radical (unpaired) electrons. The number of rotatable bonds is 4. The Kier molecular flexibility index (Phi) is 3.97. The first-order chi connectivity index (χ1) is 7.72. The molecule has 0 amide bonds. The van der Waals surface area contributed by atoms with Gasteiger partial charge in [-0.25, -0.2) is 0 Å². The quantitative estimate of drug-likeness (QED) is 0.559. The highest BCUT2D eigenvalue weighted by Gasteiger charge is 2.48. The van der Waals surface area contributed by atoms with Gasteiger partial charge in [-0.2, -0.15) is 0 Å². The van der Waals surface area contributed by atoms with E-state index in [4.69, 9.17) is 9.47 Å². The van der Waals surface area contributed by atoms with Crippen LogP contribution in [0.1, 0.15) is 47.0 Å². The Morgan fingerprint density at radius 3 is 2.06 bits per heavy atom. The number of methoxy groups -OCH3 is 1. The summed E-state index contributed by atoms with van der Waals surface area (Å²) in [5, 5.41) is 0. The van der Waals surface area contributed by atoms with E-state index in [1.807, 2.05) is 0 Å². The number of carbonyl (C=O) groups is 2. The summed E-state index contributed by atoms with van der Waals surface area (Å²) >= 11 is 0. The summed E-state index contributed by atoms with van der Waals surface area (Å²) < 4.78 is 10.5. The SMILES string of the molecule is COC1(C(=O)C(C)C(=O)OC(C)(C)C)CCC1. The van der Waals surface area contributed by atoms with Crippen LogP contribution in [0.3, 0.4) is 0 Å². The summed E-state index contributed by atoms with van der Waals surface area (Å²) in [5.41, 5.74) is -1.30. The van der Waals surface area contributed by atoms with Crippen LogP contribution in [0.2, 0.25) is 0 Å². The predicted octanol–water partition coefficient (Wildman–Crippen LogP) is 2.10. The third kappa shape index (κ3) is 3.06. The average molecular weight is 242 g/mol. The van der Waals surface area contributed by atoms with E-state index in [1.165, 1.54) is 7.11 Å². The number of carbonyl (C=O) groups excluding carboxylic acids is 2. The molecule has 1 saturated carbocycles. The fourth-order valence-electron chi connectivity index (χ4n) is 1.94. The Labute approximate surface area is 103 Å². The standard InChI is InChI=1S/C13H22O4/c1-9(11(15)17-12(2,3)4)10(14)13(16-5)7-6-8-13/h9H,6-8H2,1-5H3. The van der Waals surface area contributed by atoms with Crippen molar-refractivity contribution in [3.05, 3.63) is 0 Å². The van der Waals surface area contributed by atoms with E-state index in [-0.39, 0.29) is 5.78 Å². The van der Waals surface area contributed by atoms with Gasteiger partial charge < -0.3 is 9.47 Å². The lowest BCUT2D eigenvalue weighted by molar-refractivity contribution is -0.171. The van der Waals surface area contributed by atoms with E-state index in [9.17, 15) is 9.59 Å². The normalized spacial score (nSPS) is 20.3. The molecule has 1 fully saturated rings. The Morgan fingerprint density at radius 2 is 1.76 bits per heavy atom. The maximum absolute atomic E-state index is 12.2. The average Bonchev–Trinajstić information content (AvgIpc) is 2.12. The molecule has 0 saturated heterocycles. The second kappa shape index (κ2) is 4.77. The molecule has 17 heavy (non-hydrogen) atoms. The molecule has 0 aliphatic heterocycles. The van der Waals surface area contributed by atoms with Gasteiger partial charge in [-0.05, 0) is 47.0 Å². The Hall–Kier alpha value is -0.900. The van der Waals surface area contributed by atoms with Crippen LogP contribution in [0, 0.1) is 5.92 Å². The van der Waals surface area contributed by atoms with Gasteiger partial charge in [-0.15, -0.1) is 0 Å². The van der Waals surface area contributed by atoms with Gasteiger partial charge in [0.1, 0.15) is 17.1 Å². The van der Waals surface area contributed by atoms with Gasteiger partial charge in [0.2, 0.25) is 0 Å². The van der Waals surface area contributed by atoms with Gasteiger partial charge in [-0.1, -0.05) is 0 Å². The minimum Gasteiger partial charge on any atom is -0.459 e. The molecular formula is C13H22O4. The lowest BCUT2D eigenvalue weighted by Crippen LogP contribution is -2.51. The molecule has 98 valence electrons. The van der Waals surface area contributed by atoms with E-state index >= 15 is 0 Å². The molecule has 0 aromatic carbocycles. The topological polar surface area (TPSA) is 52.6 Å². The maximum atomic E-state index is 12.2. The lowest BCUT2D eigenvalue weighted by atomic mass is 9.73. The van der Waals surface area contributed by atoms with Gasteiger partial charge in [0.25, 0.3) is 0 Å². The van der Waals surface area contributed by atoms with Gasteiger partial charge in [0.05, 0.1) is 0 Å². The maximum Gasteiger partial charge on any atom is 0.316 e. The van der Waals surface area contributed by atoms with Crippen LogP contribution in [0.4, 0.5) is 0 Å². The Morgan fingerprint density at radius 1 is 1.24 bits per heavy atom. The fourth-order valence-corrected chi connectivity index (χ4v) is 1.94. The van der Waals surface area contributed by atoms with Crippen molar-refractivity contribution in [2.75, 3.05) is 7.11 Å². The molecule has 1 unspecified atom stereocenters. The summed E-state index contributed by atoms with van der Waals surface area (Å²) in [7, 11) is 1.53. The molecule has 0 bridgehead atoms. The van der Waals surface area contributed by atoms with Crippen molar-refractivity contribution >= 4 is 11.8 Å². The van der Waals surface area contributed by atoms with Crippen LogP contribution in [0.25, 0.3) is 0 Å². The predicted molar refractivity (Wildman–Crippen MR) is 63.6 cm³/mol. The molecule has 4 nitrogen and oxygen atoms in total. The van der Waals surface area contributed by atoms with E-state index < -0.39 is 23.1 Å². The zero-order chi connectivity index (χ0) is 13.3. The lowest BCUT2D eigenvalue weighted by Gasteiger charge is -2.40. The zero-order valence-corrected chi connectivity index (χ0v) is 11.3. The van der Waals surface area contributed by atoms with Crippen molar-refractivity contribution < 1.29 is 19.1 Å². The first kappa shape index (κ1) is 14.2. The second-order valence-corrected chi connectivity index (χ2v) is 5.67. The first-order valence-corrected chi connectivity index (χ1v) is 6.04. The molecular weight excluding hydrogens is 220 g/mol. The summed E-state index contributed by atoms with van der Waals surface area (Å²) in [6.07, 6.45) is 2.38. The molecule has 0 aromatic heterocycles.